The fourth-order valence-electron chi connectivity index (χ4n) is 3.02. The summed E-state index contributed by atoms with van der Waals surface area (Å²) in [4.78, 5) is 9.58. The number of nitrogens with one attached hydrogen (secondary N) is 2. The van der Waals surface area contributed by atoms with E-state index in [0.717, 1.165) is 70.5 Å². The summed E-state index contributed by atoms with van der Waals surface area (Å²) in [6, 6.07) is 8.34. The van der Waals surface area contributed by atoms with Gasteiger partial charge >= 0.3 is 0 Å². The summed E-state index contributed by atoms with van der Waals surface area (Å²) in [5.74, 6) is 1.78. The van der Waals surface area contributed by atoms with Gasteiger partial charge in [0, 0.05) is 58.0 Å². The summed E-state index contributed by atoms with van der Waals surface area (Å²) in [5.41, 5.74) is 1.28. The molecule has 0 unspecified atom stereocenters. The predicted molar refractivity (Wildman–Crippen MR) is 110 cm³/mol. The first-order valence-electron chi connectivity index (χ1n) is 9.51. The van der Waals surface area contributed by atoms with E-state index in [4.69, 9.17) is 4.74 Å². The predicted octanol–water partition coefficient (Wildman–Crippen LogP) is 1.95. The molecule has 1 fully saturated rings. The van der Waals surface area contributed by atoms with Crippen LogP contribution in [0.2, 0.25) is 0 Å². The third kappa shape index (κ3) is 6.59. The molecule has 1 aromatic carbocycles. The molecule has 6 heteroatoms. The third-order valence-corrected chi connectivity index (χ3v) is 4.47. The molecular formula is C20H33N5O. The highest BCUT2D eigenvalue weighted by molar-refractivity contribution is 5.79. The molecule has 1 saturated heterocycles. The van der Waals surface area contributed by atoms with E-state index in [2.05, 4.69) is 51.1 Å². The van der Waals surface area contributed by atoms with Gasteiger partial charge in [0.1, 0.15) is 5.75 Å². The SMILES string of the molecule is C=CCNC(=NCCCN1CCN(c2ccc(OC)cc2)CC1)NCC. The molecule has 1 aromatic rings. The highest BCUT2D eigenvalue weighted by Gasteiger charge is 2.16. The van der Waals surface area contributed by atoms with E-state index in [1.54, 1.807) is 7.11 Å². The van der Waals surface area contributed by atoms with Crippen LogP contribution in [-0.4, -0.2) is 70.3 Å². The number of anilines is 1. The van der Waals surface area contributed by atoms with Gasteiger partial charge in [-0.2, -0.15) is 0 Å². The number of rotatable bonds is 9. The van der Waals surface area contributed by atoms with Gasteiger partial charge in [-0.3, -0.25) is 9.89 Å². The van der Waals surface area contributed by atoms with Crippen molar-refractivity contribution in [2.75, 3.05) is 64.4 Å². The van der Waals surface area contributed by atoms with Crippen LogP contribution in [0.4, 0.5) is 5.69 Å². The van der Waals surface area contributed by atoms with Crippen molar-refractivity contribution in [1.29, 1.82) is 0 Å². The Morgan fingerprint density at radius 2 is 1.92 bits per heavy atom. The van der Waals surface area contributed by atoms with Crippen molar-refractivity contribution < 1.29 is 4.74 Å². The van der Waals surface area contributed by atoms with E-state index < -0.39 is 0 Å². The molecule has 0 amide bonds. The molecule has 1 heterocycles. The molecule has 2 N–H and O–H groups in total. The molecule has 0 bridgehead atoms. The summed E-state index contributed by atoms with van der Waals surface area (Å²) in [5, 5.41) is 6.48. The number of piperazine rings is 1. The van der Waals surface area contributed by atoms with Crippen molar-refractivity contribution >= 4 is 11.6 Å². The number of benzene rings is 1. The zero-order valence-corrected chi connectivity index (χ0v) is 16.2. The second-order valence-electron chi connectivity index (χ2n) is 6.31. The van der Waals surface area contributed by atoms with E-state index >= 15 is 0 Å². The highest BCUT2D eigenvalue weighted by atomic mass is 16.5. The molecule has 0 aliphatic carbocycles. The van der Waals surface area contributed by atoms with Gasteiger partial charge in [0.25, 0.3) is 0 Å². The molecule has 0 saturated carbocycles. The van der Waals surface area contributed by atoms with Gasteiger partial charge in [-0.1, -0.05) is 6.08 Å². The average molecular weight is 360 g/mol. The van der Waals surface area contributed by atoms with E-state index in [1.807, 2.05) is 18.2 Å². The quantitative estimate of drug-likeness (QED) is 0.305. The molecule has 1 aliphatic rings. The Bertz CT molecular complexity index is 550. The number of ether oxygens (including phenoxy) is 1. The maximum Gasteiger partial charge on any atom is 0.191 e. The maximum atomic E-state index is 5.23. The lowest BCUT2D eigenvalue weighted by Crippen LogP contribution is -2.46. The van der Waals surface area contributed by atoms with Crippen LogP contribution in [0.1, 0.15) is 13.3 Å². The lowest BCUT2D eigenvalue weighted by molar-refractivity contribution is 0.256. The first-order chi connectivity index (χ1) is 12.8. The lowest BCUT2D eigenvalue weighted by Gasteiger charge is -2.36. The van der Waals surface area contributed by atoms with Gasteiger partial charge in [-0.05, 0) is 37.6 Å². The van der Waals surface area contributed by atoms with Crippen LogP contribution in [0.15, 0.2) is 41.9 Å². The fourth-order valence-corrected chi connectivity index (χ4v) is 3.02. The standard InChI is InChI=1S/C20H33N5O/c1-4-11-22-20(21-5-2)23-12-6-13-24-14-16-25(17-15-24)18-7-9-19(26-3)10-8-18/h4,7-10H,1,5-6,11-17H2,2-3H3,(H2,21,22,23). The number of nitrogens with zero attached hydrogens (tertiary/aromatic N) is 3. The summed E-state index contributed by atoms with van der Waals surface area (Å²) in [6.07, 6.45) is 2.92. The highest BCUT2D eigenvalue weighted by Crippen LogP contribution is 2.20. The number of methoxy groups -OCH3 is 1. The Balaban J connectivity index is 1.68. The van der Waals surface area contributed by atoms with E-state index in [0.29, 0.717) is 0 Å². The molecule has 0 atom stereocenters. The van der Waals surface area contributed by atoms with Gasteiger partial charge in [0.2, 0.25) is 0 Å². The van der Waals surface area contributed by atoms with Gasteiger partial charge in [-0.25, -0.2) is 0 Å². The minimum absolute atomic E-state index is 0.735. The zero-order valence-electron chi connectivity index (χ0n) is 16.2. The molecule has 1 aliphatic heterocycles. The fraction of sp³-hybridized carbons (Fsp3) is 0.550. The molecule has 0 radical (unpaired) electrons. The smallest absolute Gasteiger partial charge is 0.191 e. The molecule has 2 rings (SSSR count). The second kappa shape index (κ2) is 11.4. The largest absolute Gasteiger partial charge is 0.497 e. The van der Waals surface area contributed by atoms with Crippen LogP contribution >= 0.6 is 0 Å². The Morgan fingerprint density at radius 1 is 1.19 bits per heavy atom. The summed E-state index contributed by atoms with van der Waals surface area (Å²) in [6.45, 7) is 13.7. The molecule has 0 spiro atoms. The van der Waals surface area contributed by atoms with Crippen LogP contribution < -0.4 is 20.3 Å². The Hall–Kier alpha value is -2.21. The van der Waals surface area contributed by atoms with Crippen molar-refractivity contribution in [3.05, 3.63) is 36.9 Å². The average Bonchev–Trinajstić information content (AvgIpc) is 2.70. The van der Waals surface area contributed by atoms with E-state index in [-0.39, 0.29) is 0 Å². The maximum absolute atomic E-state index is 5.23. The summed E-state index contributed by atoms with van der Waals surface area (Å²) in [7, 11) is 1.70. The number of aliphatic imine (C=N–C) groups is 1. The molecular weight excluding hydrogens is 326 g/mol. The third-order valence-electron chi connectivity index (χ3n) is 4.47. The van der Waals surface area contributed by atoms with E-state index in [9.17, 15) is 0 Å². The van der Waals surface area contributed by atoms with Gasteiger partial charge in [-0.15, -0.1) is 6.58 Å². The lowest BCUT2D eigenvalue weighted by atomic mass is 10.2. The normalized spacial score (nSPS) is 15.6. The van der Waals surface area contributed by atoms with Crippen LogP contribution in [0, 0.1) is 0 Å². The van der Waals surface area contributed by atoms with Crippen molar-refractivity contribution in [3.63, 3.8) is 0 Å². The Morgan fingerprint density at radius 3 is 2.54 bits per heavy atom. The second-order valence-corrected chi connectivity index (χ2v) is 6.31. The zero-order chi connectivity index (χ0) is 18.6. The van der Waals surface area contributed by atoms with Crippen LogP contribution in [0.25, 0.3) is 0 Å². The van der Waals surface area contributed by atoms with Crippen LogP contribution in [0.3, 0.4) is 0 Å². The molecule has 26 heavy (non-hydrogen) atoms. The number of hydrogen-bond acceptors (Lipinski definition) is 4. The summed E-state index contributed by atoms with van der Waals surface area (Å²) < 4.78 is 5.23. The topological polar surface area (TPSA) is 52.1 Å². The molecule has 6 nitrogen and oxygen atoms in total. The minimum atomic E-state index is 0.735. The Kier molecular flexibility index (Phi) is 8.83. The monoisotopic (exact) mass is 359 g/mol. The van der Waals surface area contributed by atoms with Gasteiger partial charge in [0.05, 0.1) is 7.11 Å². The van der Waals surface area contributed by atoms with Crippen molar-refractivity contribution in [2.45, 2.75) is 13.3 Å². The molecule has 144 valence electrons. The first kappa shape index (κ1) is 20.1. The van der Waals surface area contributed by atoms with Crippen LogP contribution in [0.5, 0.6) is 5.75 Å². The minimum Gasteiger partial charge on any atom is -0.497 e. The van der Waals surface area contributed by atoms with E-state index in [1.165, 1.54) is 5.69 Å². The van der Waals surface area contributed by atoms with Gasteiger partial charge in [0.15, 0.2) is 5.96 Å². The van der Waals surface area contributed by atoms with Gasteiger partial charge < -0.3 is 20.3 Å². The molecule has 0 aromatic heterocycles. The first-order valence-corrected chi connectivity index (χ1v) is 9.51. The summed E-state index contributed by atoms with van der Waals surface area (Å²) >= 11 is 0. The Labute approximate surface area is 157 Å². The number of guanidine groups is 1. The van der Waals surface area contributed by atoms with Crippen molar-refractivity contribution in [1.82, 2.24) is 15.5 Å². The van der Waals surface area contributed by atoms with Crippen LogP contribution in [-0.2, 0) is 0 Å². The van der Waals surface area contributed by atoms with Crippen molar-refractivity contribution in [3.8, 4) is 5.75 Å². The van der Waals surface area contributed by atoms with Crippen molar-refractivity contribution in [2.24, 2.45) is 4.99 Å². The number of hydrogen-bond donors (Lipinski definition) is 2.